The molecule has 0 aliphatic rings. The zero-order valence-corrected chi connectivity index (χ0v) is 12.2. The summed E-state index contributed by atoms with van der Waals surface area (Å²) in [6, 6.07) is 3.58. The summed E-state index contributed by atoms with van der Waals surface area (Å²) in [5.74, 6) is 0. The van der Waals surface area contributed by atoms with Gasteiger partial charge in [0.05, 0.1) is 10.7 Å². The monoisotopic (exact) mass is 382 g/mol. The normalized spacial score (nSPS) is 6.80. The van der Waals surface area contributed by atoms with E-state index in [9.17, 15) is 0 Å². The SMILES string of the molecule is C[NH-].Clc1cccnc1.N=CCl.[Cl][Pd][Cl]. The van der Waals surface area contributed by atoms with Crippen LogP contribution in [0.15, 0.2) is 24.5 Å². The molecule has 0 radical (unpaired) electrons. The first-order chi connectivity index (χ1) is 7.22. The Balaban J connectivity index is -0.000000154. The Morgan fingerprint density at radius 2 is 1.87 bits per heavy atom. The number of aromatic nitrogens is 1. The molecule has 0 atom stereocenters. The van der Waals surface area contributed by atoms with Gasteiger partial charge in [0, 0.05) is 12.4 Å². The maximum atomic E-state index is 5.85. The quantitative estimate of drug-likeness (QED) is 0.515. The Kier molecular flexibility index (Phi) is 33.6. The standard InChI is InChI=1S/C5H4ClN.CH2ClN.CH4N.2ClH.Pd/c6-5-2-1-3-7-4-5;2-1-3;1-2;;;/h1-4H;1,3H;2H,1H3;2*1H;/q;;-1;;;+2/p-2. The van der Waals surface area contributed by atoms with Crippen LogP contribution in [0.5, 0.6) is 0 Å². The molecule has 0 bridgehead atoms. The van der Waals surface area contributed by atoms with Crippen molar-refractivity contribution in [2.75, 3.05) is 7.05 Å². The van der Waals surface area contributed by atoms with Gasteiger partial charge < -0.3 is 5.73 Å². The molecule has 0 aliphatic carbocycles. The molecule has 1 aromatic rings. The Labute approximate surface area is 116 Å². The molecule has 15 heavy (non-hydrogen) atoms. The summed E-state index contributed by atoms with van der Waals surface area (Å²) in [5.41, 5.74) is 6.47. The van der Waals surface area contributed by atoms with Gasteiger partial charge in [-0.15, -0.1) is 0 Å². The van der Waals surface area contributed by atoms with Crippen molar-refractivity contribution >= 4 is 47.9 Å². The average molecular weight is 384 g/mol. The first-order valence-corrected chi connectivity index (χ1v) is 8.01. The Morgan fingerprint density at radius 3 is 2.00 bits per heavy atom. The second-order valence-corrected chi connectivity index (χ2v) is 4.34. The molecule has 0 aromatic carbocycles. The minimum absolute atomic E-state index is 0.106. The van der Waals surface area contributed by atoms with Gasteiger partial charge in [0.15, 0.2) is 0 Å². The fourth-order valence-corrected chi connectivity index (χ4v) is 0.471. The average Bonchev–Trinajstić information content (AvgIpc) is 2.24. The van der Waals surface area contributed by atoms with Crippen LogP contribution in [0, 0.1) is 5.41 Å². The Hall–Kier alpha value is 0.602. The zero-order chi connectivity index (χ0) is 12.5. The van der Waals surface area contributed by atoms with E-state index in [1.807, 2.05) is 0 Å². The van der Waals surface area contributed by atoms with Crippen LogP contribution < -0.4 is 0 Å². The van der Waals surface area contributed by atoms with E-state index in [0.29, 0.717) is 5.02 Å². The third-order valence-electron chi connectivity index (χ3n) is 0.625. The molecule has 0 fully saturated rings. The molecule has 1 aromatic heterocycles. The Bertz CT molecular complexity index is 201. The molecule has 2 N–H and O–H groups in total. The van der Waals surface area contributed by atoms with Gasteiger partial charge in [-0.1, -0.05) is 23.2 Å². The first kappa shape index (κ1) is 20.9. The third-order valence-corrected chi connectivity index (χ3v) is 0.849. The van der Waals surface area contributed by atoms with Gasteiger partial charge in [-0.05, 0) is 12.1 Å². The van der Waals surface area contributed by atoms with Crippen molar-refractivity contribution in [3.05, 3.63) is 35.3 Å². The molecule has 0 saturated heterocycles. The molecular weight excluding hydrogens is 374 g/mol. The summed E-state index contributed by atoms with van der Waals surface area (Å²) in [6.07, 6.45) is 3.29. The van der Waals surface area contributed by atoms with E-state index in [2.05, 4.69) is 16.6 Å². The number of hydrogen-bond acceptors (Lipinski definition) is 2. The van der Waals surface area contributed by atoms with Crippen molar-refractivity contribution in [1.29, 1.82) is 5.41 Å². The molecule has 92 valence electrons. The molecule has 8 heteroatoms. The first-order valence-electron chi connectivity index (χ1n) is 3.20. The van der Waals surface area contributed by atoms with E-state index in [-0.39, 0.29) is 15.9 Å². The van der Waals surface area contributed by atoms with Gasteiger partial charge in [-0.3, -0.25) is 10.4 Å². The molecular formula is C7H10Cl4N3Pd-. The second-order valence-electron chi connectivity index (χ2n) is 1.33. The summed E-state index contributed by atoms with van der Waals surface area (Å²) < 4.78 is 0. The van der Waals surface area contributed by atoms with Crippen LogP contribution in [0.1, 0.15) is 0 Å². The predicted octanol–water partition coefficient (Wildman–Crippen LogP) is 4.61. The molecule has 0 saturated carbocycles. The topological polar surface area (TPSA) is 60.5 Å². The van der Waals surface area contributed by atoms with Crippen molar-refractivity contribution in [1.82, 2.24) is 4.98 Å². The van der Waals surface area contributed by atoms with E-state index in [1.165, 1.54) is 7.05 Å². The molecule has 0 aliphatic heterocycles. The number of halogens is 4. The van der Waals surface area contributed by atoms with Crippen molar-refractivity contribution < 1.29 is 15.9 Å². The summed E-state index contributed by atoms with van der Waals surface area (Å²) in [4.78, 5) is 3.75. The number of rotatable bonds is 0. The maximum absolute atomic E-state index is 5.85. The molecule has 0 amide bonds. The summed E-state index contributed by atoms with van der Waals surface area (Å²) in [5, 5.41) is 6.53. The molecule has 1 rings (SSSR count). The molecule has 0 spiro atoms. The summed E-state index contributed by atoms with van der Waals surface area (Å²) >= 11 is 9.91. The minimum atomic E-state index is -0.106. The van der Waals surface area contributed by atoms with Crippen molar-refractivity contribution in [2.45, 2.75) is 0 Å². The van der Waals surface area contributed by atoms with Crippen LogP contribution in [0.25, 0.3) is 5.73 Å². The van der Waals surface area contributed by atoms with Gasteiger partial charge in [0.1, 0.15) is 0 Å². The van der Waals surface area contributed by atoms with Crippen LogP contribution >= 0.6 is 42.3 Å². The number of pyridine rings is 1. The fraction of sp³-hybridized carbons (Fsp3) is 0.143. The molecule has 1 heterocycles. The van der Waals surface area contributed by atoms with E-state index in [1.54, 1.807) is 24.5 Å². The fourth-order valence-electron chi connectivity index (χ4n) is 0.342. The number of hydrogen-bond donors (Lipinski definition) is 1. The third kappa shape index (κ3) is 31.3. The molecule has 3 nitrogen and oxygen atoms in total. The van der Waals surface area contributed by atoms with Gasteiger partial charge in [0.25, 0.3) is 0 Å². The van der Waals surface area contributed by atoms with Crippen molar-refractivity contribution in [3.63, 3.8) is 0 Å². The van der Waals surface area contributed by atoms with Crippen LogP contribution in [0.4, 0.5) is 0 Å². The van der Waals surface area contributed by atoms with Crippen LogP contribution in [-0.4, -0.2) is 17.7 Å². The van der Waals surface area contributed by atoms with Crippen molar-refractivity contribution in [3.8, 4) is 0 Å². The zero-order valence-electron chi connectivity index (χ0n) is 7.66. The number of nitrogens with zero attached hydrogens (tertiary/aromatic N) is 1. The molecule has 0 unspecified atom stereocenters. The van der Waals surface area contributed by atoms with E-state index in [4.69, 9.17) is 41.8 Å². The van der Waals surface area contributed by atoms with Gasteiger partial charge >= 0.3 is 35.0 Å². The van der Waals surface area contributed by atoms with E-state index in [0.717, 1.165) is 5.67 Å². The van der Waals surface area contributed by atoms with Crippen LogP contribution in [0.3, 0.4) is 0 Å². The van der Waals surface area contributed by atoms with Gasteiger partial charge in [-0.25, -0.2) is 0 Å². The van der Waals surface area contributed by atoms with Gasteiger partial charge in [-0.2, -0.15) is 7.05 Å². The van der Waals surface area contributed by atoms with Crippen LogP contribution in [-0.2, 0) is 15.9 Å². The predicted molar refractivity (Wildman–Crippen MR) is 65.8 cm³/mol. The summed E-state index contributed by atoms with van der Waals surface area (Å²) in [6.45, 7) is 0. The van der Waals surface area contributed by atoms with Gasteiger partial charge in [0.2, 0.25) is 0 Å². The summed E-state index contributed by atoms with van der Waals surface area (Å²) in [7, 11) is 10.9. The van der Waals surface area contributed by atoms with E-state index >= 15 is 0 Å². The Morgan fingerprint density at radius 1 is 1.47 bits per heavy atom. The number of nitrogens with one attached hydrogen (secondary N) is 2. The van der Waals surface area contributed by atoms with E-state index < -0.39 is 0 Å². The van der Waals surface area contributed by atoms with Crippen molar-refractivity contribution in [2.24, 2.45) is 0 Å². The van der Waals surface area contributed by atoms with Crippen LogP contribution in [0.2, 0.25) is 5.02 Å². The second kappa shape index (κ2) is 24.0.